The van der Waals surface area contributed by atoms with E-state index < -0.39 is 5.23 Å². The topological polar surface area (TPSA) is 117 Å². The maximum Gasteiger partial charge on any atom is 0.410 e. The SMILES string of the molecule is CC(C1CCC1)N(C)C(=O)OCc1c(-c2ccc(OC[C@H]3CCC[C@H]([NH+]([O-])O)C3)cc2)nnn1C. The Hall–Kier alpha value is -2.69. The molecule has 0 bridgehead atoms. The van der Waals surface area contributed by atoms with Crippen molar-refractivity contribution in [2.45, 2.75) is 70.6 Å². The van der Waals surface area contributed by atoms with Gasteiger partial charge in [-0.25, -0.2) is 19.9 Å². The molecule has 0 spiro atoms. The van der Waals surface area contributed by atoms with Gasteiger partial charge in [-0.2, -0.15) is 0 Å². The number of carbonyl (C=O) groups excluding carboxylic acids is 1. The minimum absolute atomic E-state index is 0.0874. The molecule has 10 heteroatoms. The van der Waals surface area contributed by atoms with Crippen molar-refractivity contribution in [2.75, 3.05) is 13.7 Å². The van der Waals surface area contributed by atoms with Gasteiger partial charge in [-0.3, -0.25) is 0 Å². The van der Waals surface area contributed by atoms with Gasteiger partial charge in [-0.15, -0.1) is 5.10 Å². The number of nitrogens with zero attached hydrogens (tertiary/aromatic N) is 4. The normalized spacial score (nSPS) is 22.2. The van der Waals surface area contributed by atoms with Crippen LogP contribution in [0.4, 0.5) is 4.79 Å². The van der Waals surface area contributed by atoms with Crippen LogP contribution < -0.4 is 9.96 Å². The Morgan fingerprint density at radius 2 is 1.97 bits per heavy atom. The molecule has 2 saturated carbocycles. The highest BCUT2D eigenvalue weighted by atomic mass is 16.8. The molecule has 1 heterocycles. The molecule has 1 amide bonds. The van der Waals surface area contributed by atoms with E-state index >= 15 is 0 Å². The van der Waals surface area contributed by atoms with Crippen LogP contribution in [0, 0.1) is 17.0 Å². The van der Waals surface area contributed by atoms with E-state index in [-0.39, 0.29) is 30.7 Å². The highest BCUT2D eigenvalue weighted by molar-refractivity contribution is 5.68. The van der Waals surface area contributed by atoms with E-state index in [2.05, 4.69) is 17.2 Å². The van der Waals surface area contributed by atoms with Gasteiger partial charge >= 0.3 is 6.09 Å². The number of hydrogen-bond donors (Lipinski definition) is 2. The predicted octanol–water partition coefficient (Wildman–Crippen LogP) is 2.95. The number of quaternary nitrogens is 1. The molecule has 0 aliphatic heterocycles. The third-order valence-electron chi connectivity index (χ3n) is 7.75. The third kappa shape index (κ3) is 6.12. The third-order valence-corrected chi connectivity index (χ3v) is 7.75. The van der Waals surface area contributed by atoms with Crippen LogP contribution in [-0.4, -0.2) is 56.9 Å². The first kappa shape index (κ1) is 25.4. The van der Waals surface area contributed by atoms with Gasteiger partial charge in [0.1, 0.15) is 29.8 Å². The van der Waals surface area contributed by atoms with Gasteiger partial charge in [0.25, 0.3) is 0 Å². The molecule has 192 valence electrons. The average molecular weight is 488 g/mol. The fourth-order valence-electron chi connectivity index (χ4n) is 4.99. The average Bonchev–Trinajstić information content (AvgIpc) is 3.20. The zero-order chi connectivity index (χ0) is 24.9. The molecular weight excluding hydrogens is 450 g/mol. The van der Waals surface area contributed by atoms with Crippen LogP contribution in [0.2, 0.25) is 0 Å². The molecule has 2 fully saturated rings. The lowest BCUT2D eigenvalue weighted by Gasteiger charge is -2.36. The summed E-state index contributed by atoms with van der Waals surface area (Å²) >= 11 is 0. The van der Waals surface area contributed by atoms with Crippen LogP contribution in [0.25, 0.3) is 11.3 Å². The van der Waals surface area contributed by atoms with E-state index in [0.29, 0.717) is 24.6 Å². The van der Waals surface area contributed by atoms with Crippen LogP contribution in [-0.2, 0) is 18.4 Å². The summed E-state index contributed by atoms with van der Waals surface area (Å²) < 4.78 is 13.2. The number of carbonyl (C=O) groups is 1. The summed E-state index contributed by atoms with van der Waals surface area (Å²) in [7, 11) is 3.58. The Morgan fingerprint density at radius 3 is 2.63 bits per heavy atom. The van der Waals surface area contributed by atoms with E-state index in [1.807, 2.05) is 24.3 Å². The molecule has 1 aromatic heterocycles. The monoisotopic (exact) mass is 487 g/mol. The number of hydrogen-bond acceptors (Lipinski definition) is 7. The molecule has 35 heavy (non-hydrogen) atoms. The summed E-state index contributed by atoms with van der Waals surface area (Å²) in [5, 5.41) is 28.3. The lowest BCUT2D eigenvalue weighted by Crippen LogP contribution is -3.09. The number of nitrogens with one attached hydrogen (secondary N) is 1. The second-order valence-corrected chi connectivity index (χ2v) is 10.0. The Labute approximate surface area is 206 Å². The Bertz CT molecular complexity index is 975. The van der Waals surface area contributed by atoms with Gasteiger partial charge in [0.2, 0.25) is 0 Å². The van der Waals surface area contributed by atoms with Crippen LogP contribution in [0.1, 0.15) is 57.6 Å². The summed E-state index contributed by atoms with van der Waals surface area (Å²) in [6, 6.07) is 7.49. The predicted molar refractivity (Wildman–Crippen MR) is 129 cm³/mol. The van der Waals surface area contributed by atoms with Gasteiger partial charge < -0.3 is 19.6 Å². The lowest BCUT2D eigenvalue weighted by molar-refractivity contribution is -1.07. The highest BCUT2D eigenvalue weighted by Crippen LogP contribution is 2.32. The fourth-order valence-corrected chi connectivity index (χ4v) is 4.99. The Balaban J connectivity index is 1.33. The summed E-state index contributed by atoms with van der Waals surface area (Å²) in [5.41, 5.74) is 2.24. The fraction of sp³-hybridized carbons (Fsp3) is 0.640. The Kier molecular flexibility index (Phi) is 8.25. The van der Waals surface area contributed by atoms with E-state index in [1.165, 1.54) is 6.42 Å². The smallest absolute Gasteiger partial charge is 0.410 e. The quantitative estimate of drug-likeness (QED) is 0.522. The molecule has 2 unspecified atom stereocenters. The maximum atomic E-state index is 12.6. The first-order valence-corrected chi connectivity index (χ1v) is 12.6. The van der Waals surface area contributed by atoms with Crippen molar-refractivity contribution < 1.29 is 24.7 Å². The minimum atomic E-state index is -0.705. The van der Waals surface area contributed by atoms with E-state index in [9.17, 15) is 15.2 Å². The molecule has 0 radical (unpaired) electrons. The second kappa shape index (κ2) is 11.4. The summed E-state index contributed by atoms with van der Waals surface area (Å²) in [6.45, 7) is 2.68. The first-order chi connectivity index (χ1) is 16.8. The number of amides is 1. The zero-order valence-electron chi connectivity index (χ0n) is 20.9. The van der Waals surface area contributed by atoms with Gasteiger partial charge in [0, 0.05) is 38.5 Å². The number of rotatable bonds is 9. The standard InChI is InChI=1S/C25H37N5O5/c1-17(19-7-5-8-19)28(2)25(31)35-16-23-24(26-27-29(23)3)20-10-12-22(13-11-20)34-15-18-6-4-9-21(14-18)30(32)33/h10-13,17-19,21,30,32H,4-9,14-16H2,1-3H3/t17?,18-,21-/m0/s1. The molecule has 4 atom stereocenters. The van der Waals surface area contributed by atoms with Crippen LogP contribution >= 0.6 is 0 Å². The van der Waals surface area contributed by atoms with Crippen molar-refractivity contribution in [1.29, 1.82) is 0 Å². The van der Waals surface area contributed by atoms with Crippen molar-refractivity contribution in [1.82, 2.24) is 19.9 Å². The van der Waals surface area contributed by atoms with Gasteiger partial charge in [-0.05, 0) is 68.7 Å². The maximum absolute atomic E-state index is 12.6. The zero-order valence-corrected chi connectivity index (χ0v) is 20.9. The molecule has 1 aromatic carbocycles. The van der Waals surface area contributed by atoms with Crippen LogP contribution in [0.5, 0.6) is 5.75 Å². The number of aromatic nitrogens is 3. The van der Waals surface area contributed by atoms with Crippen LogP contribution in [0.3, 0.4) is 0 Å². The summed E-state index contributed by atoms with van der Waals surface area (Å²) in [5.74, 6) is 1.55. The molecule has 10 nitrogen and oxygen atoms in total. The largest absolute Gasteiger partial charge is 0.600 e. The van der Waals surface area contributed by atoms with E-state index in [0.717, 1.165) is 49.1 Å². The number of aryl methyl sites for hydroxylation is 1. The number of hydroxylamine groups is 2. The highest BCUT2D eigenvalue weighted by Gasteiger charge is 2.30. The van der Waals surface area contributed by atoms with Gasteiger partial charge in [-0.1, -0.05) is 11.6 Å². The summed E-state index contributed by atoms with van der Waals surface area (Å²) in [6.07, 6.45) is 6.58. The molecule has 2 aromatic rings. The molecule has 2 aliphatic carbocycles. The molecule has 2 N–H and O–H groups in total. The van der Waals surface area contributed by atoms with Gasteiger partial charge in [0.15, 0.2) is 0 Å². The Morgan fingerprint density at radius 1 is 1.26 bits per heavy atom. The van der Waals surface area contributed by atoms with Crippen molar-refractivity contribution in [2.24, 2.45) is 18.9 Å². The molecule has 4 rings (SSSR count). The molecule has 2 aliphatic rings. The van der Waals surface area contributed by atoms with Crippen molar-refractivity contribution in [3.63, 3.8) is 0 Å². The van der Waals surface area contributed by atoms with Crippen molar-refractivity contribution >= 4 is 6.09 Å². The number of benzene rings is 1. The summed E-state index contributed by atoms with van der Waals surface area (Å²) in [4.78, 5) is 14.3. The first-order valence-electron chi connectivity index (χ1n) is 12.6. The lowest BCUT2D eigenvalue weighted by atomic mass is 9.80. The number of ether oxygens (including phenoxy) is 2. The van der Waals surface area contributed by atoms with E-state index in [4.69, 9.17) is 9.47 Å². The van der Waals surface area contributed by atoms with E-state index in [1.54, 1.807) is 23.7 Å². The van der Waals surface area contributed by atoms with Crippen molar-refractivity contribution in [3.8, 4) is 17.0 Å². The second-order valence-electron chi connectivity index (χ2n) is 10.0. The molecule has 0 saturated heterocycles. The van der Waals surface area contributed by atoms with Crippen molar-refractivity contribution in [3.05, 3.63) is 35.2 Å². The van der Waals surface area contributed by atoms with Gasteiger partial charge in [0.05, 0.1) is 6.61 Å². The van der Waals surface area contributed by atoms with Crippen LogP contribution in [0.15, 0.2) is 24.3 Å². The minimum Gasteiger partial charge on any atom is -0.600 e. The molecular formula is C25H37N5O5.